The maximum Gasteiger partial charge on any atom is 0.276 e. The molecule has 18 heavy (non-hydrogen) atoms. The molecule has 0 amide bonds. The van der Waals surface area contributed by atoms with E-state index in [-0.39, 0.29) is 17.3 Å². The van der Waals surface area contributed by atoms with Crippen LogP contribution in [0.3, 0.4) is 0 Å². The Morgan fingerprint density at radius 1 is 1.61 bits per heavy atom. The van der Waals surface area contributed by atoms with Crippen molar-refractivity contribution in [1.29, 1.82) is 0 Å². The number of aromatic nitrogens is 2. The molecule has 1 aromatic rings. The van der Waals surface area contributed by atoms with Crippen molar-refractivity contribution in [3.05, 3.63) is 16.7 Å². The van der Waals surface area contributed by atoms with Gasteiger partial charge in [0.05, 0.1) is 19.5 Å². The van der Waals surface area contributed by atoms with Crippen LogP contribution in [0.15, 0.2) is 11.1 Å². The summed E-state index contributed by atoms with van der Waals surface area (Å²) in [6.45, 7) is 6.33. The summed E-state index contributed by atoms with van der Waals surface area (Å²) in [5.41, 5.74) is 5.48. The molecule has 7 nitrogen and oxygen atoms in total. The molecule has 0 aliphatic carbocycles. The number of nitrogens with one attached hydrogen (secondary N) is 2. The van der Waals surface area contributed by atoms with Gasteiger partial charge in [-0.3, -0.25) is 9.69 Å². The number of nitrogens with two attached hydrogens (primary N) is 1. The molecular weight excluding hydrogens is 234 g/mol. The molecule has 0 bridgehead atoms. The first-order chi connectivity index (χ1) is 8.66. The van der Waals surface area contributed by atoms with Crippen LogP contribution in [0.5, 0.6) is 0 Å². The van der Waals surface area contributed by atoms with Crippen LogP contribution in [0, 0.1) is 0 Å². The monoisotopic (exact) mass is 253 g/mol. The standard InChI is InChI=1S/C11H19N5O2/c1-8(6-16-2-4-18-5-3-16)15-10-9(12)11(17)14-7-13-10/h7-8H,2-6,12H2,1H3,(H2,13,14,15,17). The Morgan fingerprint density at radius 3 is 3.06 bits per heavy atom. The number of anilines is 2. The van der Waals surface area contributed by atoms with Crippen molar-refractivity contribution >= 4 is 11.5 Å². The first-order valence-corrected chi connectivity index (χ1v) is 6.06. The van der Waals surface area contributed by atoms with Gasteiger partial charge in [0.15, 0.2) is 5.82 Å². The molecule has 1 aromatic heterocycles. The lowest BCUT2D eigenvalue weighted by molar-refractivity contribution is 0.0368. The fraction of sp³-hybridized carbons (Fsp3) is 0.636. The summed E-state index contributed by atoms with van der Waals surface area (Å²) in [6.07, 6.45) is 1.35. The van der Waals surface area contributed by atoms with E-state index in [0.29, 0.717) is 5.82 Å². The number of morpholine rings is 1. The van der Waals surface area contributed by atoms with Crippen molar-refractivity contribution in [3.8, 4) is 0 Å². The Labute approximate surface area is 105 Å². The van der Waals surface area contributed by atoms with Crippen molar-refractivity contribution in [2.24, 2.45) is 0 Å². The summed E-state index contributed by atoms with van der Waals surface area (Å²) in [4.78, 5) is 20.1. The molecule has 1 unspecified atom stereocenters. The number of nitrogens with zero attached hydrogens (tertiary/aromatic N) is 2. The number of aromatic amines is 1. The lowest BCUT2D eigenvalue weighted by Crippen LogP contribution is -2.42. The smallest absolute Gasteiger partial charge is 0.276 e. The SMILES string of the molecule is CC(CN1CCOCC1)Nc1nc[nH]c(=O)c1N. The fourth-order valence-corrected chi connectivity index (χ4v) is 1.98. The molecule has 4 N–H and O–H groups in total. The van der Waals surface area contributed by atoms with Gasteiger partial charge in [-0.2, -0.15) is 0 Å². The largest absolute Gasteiger partial charge is 0.391 e. The van der Waals surface area contributed by atoms with Gasteiger partial charge in [-0.25, -0.2) is 4.98 Å². The summed E-state index contributed by atoms with van der Waals surface area (Å²) in [7, 11) is 0. The van der Waals surface area contributed by atoms with Crippen LogP contribution in [0.25, 0.3) is 0 Å². The van der Waals surface area contributed by atoms with E-state index in [1.54, 1.807) is 0 Å². The molecule has 100 valence electrons. The second-order valence-electron chi connectivity index (χ2n) is 4.45. The number of H-pyrrole nitrogens is 1. The maximum absolute atomic E-state index is 11.3. The van der Waals surface area contributed by atoms with Gasteiger partial charge in [0.2, 0.25) is 0 Å². The van der Waals surface area contributed by atoms with E-state index in [0.717, 1.165) is 32.8 Å². The summed E-state index contributed by atoms with van der Waals surface area (Å²) in [5.74, 6) is 0.444. The van der Waals surface area contributed by atoms with E-state index < -0.39 is 0 Å². The Balaban J connectivity index is 1.92. The van der Waals surface area contributed by atoms with Crippen LogP contribution in [0.2, 0.25) is 0 Å². The van der Waals surface area contributed by atoms with Crippen LogP contribution in [-0.4, -0.2) is 53.8 Å². The van der Waals surface area contributed by atoms with E-state index in [1.807, 2.05) is 6.92 Å². The summed E-state index contributed by atoms with van der Waals surface area (Å²) in [6, 6.07) is 0.166. The summed E-state index contributed by atoms with van der Waals surface area (Å²) in [5, 5.41) is 3.16. The number of hydrogen-bond acceptors (Lipinski definition) is 6. The van der Waals surface area contributed by atoms with E-state index in [1.165, 1.54) is 6.33 Å². The van der Waals surface area contributed by atoms with Gasteiger partial charge in [0.25, 0.3) is 5.56 Å². The predicted octanol–water partition coefficient (Wildman–Crippen LogP) is -0.515. The number of nitrogen functional groups attached to an aromatic ring is 1. The molecule has 1 fully saturated rings. The van der Waals surface area contributed by atoms with Gasteiger partial charge in [-0.05, 0) is 6.92 Å². The quantitative estimate of drug-likeness (QED) is 0.668. The maximum atomic E-state index is 11.3. The van der Waals surface area contributed by atoms with Gasteiger partial charge in [0.1, 0.15) is 5.69 Å². The normalized spacial score (nSPS) is 18.5. The van der Waals surface area contributed by atoms with Crippen molar-refractivity contribution in [3.63, 3.8) is 0 Å². The Morgan fingerprint density at radius 2 is 2.33 bits per heavy atom. The van der Waals surface area contributed by atoms with Crippen molar-refractivity contribution in [2.75, 3.05) is 43.9 Å². The second kappa shape index (κ2) is 5.83. The van der Waals surface area contributed by atoms with E-state index >= 15 is 0 Å². The topological polar surface area (TPSA) is 96.3 Å². The van der Waals surface area contributed by atoms with Crippen molar-refractivity contribution < 1.29 is 4.74 Å². The first kappa shape index (κ1) is 12.8. The highest BCUT2D eigenvalue weighted by molar-refractivity contribution is 5.59. The molecule has 0 saturated carbocycles. The second-order valence-corrected chi connectivity index (χ2v) is 4.45. The minimum atomic E-state index is -0.314. The number of hydrogen-bond donors (Lipinski definition) is 3. The Hall–Kier alpha value is -1.60. The zero-order valence-electron chi connectivity index (χ0n) is 10.5. The molecule has 2 rings (SSSR count). The lowest BCUT2D eigenvalue weighted by Gasteiger charge is -2.29. The minimum absolute atomic E-state index is 0.131. The molecular formula is C11H19N5O2. The fourth-order valence-electron chi connectivity index (χ4n) is 1.98. The molecule has 1 aliphatic rings. The first-order valence-electron chi connectivity index (χ1n) is 6.06. The molecule has 0 radical (unpaired) electrons. The Kier molecular flexibility index (Phi) is 4.16. The van der Waals surface area contributed by atoms with Crippen LogP contribution in [0.4, 0.5) is 11.5 Å². The molecule has 1 atom stereocenters. The summed E-state index contributed by atoms with van der Waals surface area (Å²) < 4.78 is 5.29. The van der Waals surface area contributed by atoms with Crippen LogP contribution >= 0.6 is 0 Å². The zero-order chi connectivity index (χ0) is 13.0. The highest BCUT2D eigenvalue weighted by Crippen LogP contribution is 2.10. The number of ether oxygens (including phenoxy) is 1. The zero-order valence-corrected chi connectivity index (χ0v) is 10.5. The molecule has 2 heterocycles. The average molecular weight is 253 g/mol. The molecule has 0 aromatic carbocycles. The third-order valence-corrected chi connectivity index (χ3v) is 2.91. The van der Waals surface area contributed by atoms with E-state index in [9.17, 15) is 4.79 Å². The highest BCUT2D eigenvalue weighted by atomic mass is 16.5. The molecule has 1 aliphatic heterocycles. The number of rotatable bonds is 4. The van der Waals surface area contributed by atoms with Gasteiger partial charge in [0, 0.05) is 25.7 Å². The van der Waals surface area contributed by atoms with Crippen molar-refractivity contribution in [1.82, 2.24) is 14.9 Å². The van der Waals surface area contributed by atoms with E-state index in [4.69, 9.17) is 10.5 Å². The van der Waals surface area contributed by atoms with Crippen LogP contribution in [-0.2, 0) is 4.74 Å². The molecule has 0 spiro atoms. The van der Waals surface area contributed by atoms with E-state index in [2.05, 4.69) is 20.2 Å². The van der Waals surface area contributed by atoms with Gasteiger partial charge in [-0.1, -0.05) is 0 Å². The molecule has 1 saturated heterocycles. The van der Waals surface area contributed by atoms with Crippen molar-refractivity contribution in [2.45, 2.75) is 13.0 Å². The highest BCUT2D eigenvalue weighted by Gasteiger charge is 2.15. The predicted molar refractivity (Wildman–Crippen MR) is 69.6 cm³/mol. The molecule has 7 heteroatoms. The van der Waals surface area contributed by atoms with Crippen LogP contribution < -0.4 is 16.6 Å². The van der Waals surface area contributed by atoms with Gasteiger partial charge in [-0.15, -0.1) is 0 Å². The third kappa shape index (κ3) is 3.21. The summed E-state index contributed by atoms with van der Waals surface area (Å²) >= 11 is 0. The Bertz CT molecular complexity index is 441. The third-order valence-electron chi connectivity index (χ3n) is 2.91. The van der Waals surface area contributed by atoms with Crippen LogP contribution in [0.1, 0.15) is 6.92 Å². The van der Waals surface area contributed by atoms with Gasteiger partial charge >= 0.3 is 0 Å². The average Bonchev–Trinajstić information content (AvgIpc) is 2.36. The minimum Gasteiger partial charge on any atom is -0.391 e. The lowest BCUT2D eigenvalue weighted by atomic mass is 10.3. The van der Waals surface area contributed by atoms with Gasteiger partial charge < -0.3 is 20.8 Å².